The van der Waals surface area contributed by atoms with Crippen LogP contribution >= 0.6 is 11.6 Å². The van der Waals surface area contributed by atoms with Crippen molar-refractivity contribution in [2.24, 2.45) is 0 Å². The van der Waals surface area contributed by atoms with Gasteiger partial charge in [0.25, 0.3) is 0 Å². The van der Waals surface area contributed by atoms with E-state index in [9.17, 15) is 0 Å². The van der Waals surface area contributed by atoms with Gasteiger partial charge < -0.3 is 4.42 Å². The lowest BCUT2D eigenvalue weighted by atomic mass is 9.94. The SMILES string of the molecule is CCc1occc1C(Cl)C(C)c1ccncc1. The average Bonchev–Trinajstić information content (AvgIpc) is 2.86. The third kappa shape index (κ3) is 2.52. The molecular weight excluding hydrogens is 234 g/mol. The van der Waals surface area contributed by atoms with Gasteiger partial charge in [-0.05, 0) is 23.8 Å². The van der Waals surface area contributed by atoms with Crippen molar-refractivity contribution in [2.45, 2.75) is 31.6 Å². The minimum absolute atomic E-state index is 0.0638. The summed E-state index contributed by atoms with van der Waals surface area (Å²) in [5.41, 5.74) is 2.29. The number of nitrogens with zero attached hydrogens (tertiary/aromatic N) is 1. The average molecular weight is 250 g/mol. The molecule has 0 aliphatic rings. The second-order valence-corrected chi connectivity index (χ2v) is 4.59. The number of halogens is 1. The summed E-state index contributed by atoms with van der Waals surface area (Å²) in [6, 6.07) is 5.98. The maximum atomic E-state index is 6.54. The van der Waals surface area contributed by atoms with Crippen LogP contribution in [0.5, 0.6) is 0 Å². The van der Waals surface area contributed by atoms with Gasteiger partial charge in [-0.15, -0.1) is 11.6 Å². The Balaban J connectivity index is 2.23. The lowest BCUT2D eigenvalue weighted by Gasteiger charge is -2.18. The Kier molecular flexibility index (Phi) is 3.85. The maximum Gasteiger partial charge on any atom is 0.108 e. The molecule has 3 heteroatoms. The molecule has 2 nitrogen and oxygen atoms in total. The Morgan fingerprint density at radius 1 is 1.29 bits per heavy atom. The molecule has 0 aliphatic carbocycles. The first-order valence-electron chi connectivity index (χ1n) is 5.84. The number of furan rings is 1. The fourth-order valence-corrected chi connectivity index (χ4v) is 2.33. The zero-order chi connectivity index (χ0) is 12.3. The molecule has 0 fully saturated rings. The van der Waals surface area contributed by atoms with Gasteiger partial charge in [-0.25, -0.2) is 0 Å². The maximum absolute atomic E-state index is 6.54. The molecule has 0 bridgehead atoms. The first kappa shape index (κ1) is 12.2. The predicted molar refractivity (Wildman–Crippen MR) is 69.3 cm³/mol. The van der Waals surface area contributed by atoms with Crippen molar-refractivity contribution in [1.82, 2.24) is 4.98 Å². The van der Waals surface area contributed by atoms with Gasteiger partial charge in [-0.1, -0.05) is 13.8 Å². The zero-order valence-electron chi connectivity index (χ0n) is 10.1. The minimum atomic E-state index is -0.0638. The molecule has 90 valence electrons. The third-order valence-electron chi connectivity index (χ3n) is 3.07. The molecule has 2 aromatic rings. The minimum Gasteiger partial charge on any atom is -0.469 e. The van der Waals surface area contributed by atoms with Crippen LogP contribution in [0.15, 0.2) is 41.3 Å². The van der Waals surface area contributed by atoms with Crippen molar-refractivity contribution in [3.05, 3.63) is 53.7 Å². The van der Waals surface area contributed by atoms with Crippen LogP contribution in [0, 0.1) is 0 Å². The molecule has 0 amide bonds. The summed E-state index contributed by atoms with van der Waals surface area (Å²) in [5.74, 6) is 1.22. The zero-order valence-corrected chi connectivity index (χ0v) is 10.8. The summed E-state index contributed by atoms with van der Waals surface area (Å²) in [7, 11) is 0. The van der Waals surface area contributed by atoms with Crippen molar-refractivity contribution in [2.75, 3.05) is 0 Å². The summed E-state index contributed by atoms with van der Waals surface area (Å²) in [4.78, 5) is 4.02. The molecule has 2 atom stereocenters. The van der Waals surface area contributed by atoms with Gasteiger partial charge in [0.15, 0.2) is 0 Å². The predicted octanol–water partition coefficient (Wildman–Crippen LogP) is 4.32. The van der Waals surface area contributed by atoms with Gasteiger partial charge in [0.05, 0.1) is 11.6 Å². The van der Waals surface area contributed by atoms with Gasteiger partial charge >= 0.3 is 0 Å². The summed E-state index contributed by atoms with van der Waals surface area (Å²) < 4.78 is 5.42. The fraction of sp³-hybridized carbons (Fsp3) is 0.357. The highest BCUT2D eigenvalue weighted by atomic mass is 35.5. The number of hydrogen-bond acceptors (Lipinski definition) is 2. The number of alkyl halides is 1. The Hall–Kier alpha value is -1.28. The molecule has 17 heavy (non-hydrogen) atoms. The van der Waals surface area contributed by atoms with E-state index in [0.717, 1.165) is 17.7 Å². The first-order chi connectivity index (χ1) is 8.24. The number of aryl methyl sites for hydroxylation is 1. The van der Waals surface area contributed by atoms with E-state index < -0.39 is 0 Å². The summed E-state index contributed by atoms with van der Waals surface area (Å²) in [5, 5.41) is -0.0638. The van der Waals surface area contributed by atoms with Crippen molar-refractivity contribution < 1.29 is 4.42 Å². The molecule has 2 rings (SSSR count). The van der Waals surface area contributed by atoms with E-state index in [1.165, 1.54) is 5.56 Å². The molecule has 2 aromatic heterocycles. The van der Waals surface area contributed by atoms with E-state index in [1.54, 1.807) is 18.7 Å². The van der Waals surface area contributed by atoms with Crippen molar-refractivity contribution >= 4 is 11.6 Å². The van der Waals surface area contributed by atoms with Gasteiger partial charge in [-0.3, -0.25) is 4.98 Å². The summed E-state index contributed by atoms with van der Waals surface area (Å²) in [6.07, 6.45) is 6.18. The van der Waals surface area contributed by atoms with E-state index in [-0.39, 0.29) is 11.3 Å². The largest absolute Gasteiger partial charge is 0.469 e. The Morgan fingerprint density at radius 3 is 2.65 bits per heavy atom. The van der Waals surface area contributed by atoms with Crippen LogP contribution in [0.1, 0.15) is 42.0 Å². The second-order valence-electron chi connectivity index (χ2n) is 4.12. The van der Waals surface area contributed by atoms with Gasteiger partial charge in [0.1, 0.15) is 5.76 Å². The van der Waals surface area contributed by atoms with Crippen LogP contribution in [-0.4, -0.2) is 4.98 Å². The molecule has 0 aliphatic heterocycles. The molecule has 0 N–H and O–H groups in total. The van der Waals surface area contributed by atoms with Crippen molar-refractivity contribution in [3.8, 4) is 0 Å². The van der Waals surface area contributed by atoms with Crippen molar-refractivity contribution in [3.63, 3.8) is 0 Å². The van der Waals surface area contributed by atoms with Crippen LogP contribution in [0.3, 0.4) is 0 Å². The van der Waals surface area contributed by atoms with Crippen LogP contribution < -0.4 is 0 Å². The van der Waals surface area contributed by atoms with Crippen molar-refractivity contribution in [1.29, 1.82) is 0 Å². The lowest BCUT2D eigenvalue weighted by Crippen LogP contribution is -2.03. The molecule has 0 saturated carbocycles. The normalized spacial score (nSPS) is 14.5. The topological polar surface area (TPSA) is 26.0 Å². The van der Waals surface area contributed by atoms with E-state index in [0.29, 0.717) is 0 Å². The quantitative estimate of drug-likeness (QED) is 0.755. The fourth-order valence-electron chi connectivity index (χ4n) is 1.99. The summed E-state index contributed by atoms with van der Waals surface area (Å²) >= 11 is 6.54. The van der Waals surface area contributed by atoms with E-state index in [1.807, 2.05) is 18.2 Å². The van der Waals surface area contributed by atoms with Crippen LogP contribution in [0.4, 0.5) is 0 Å². The highest BCUT2D eigenvalue weighted by Gasteiger charge is 2.22. The Bertz CT molecular complexity index is 466. The molecule has 0 radical (unpaired) electrons. The number of aromatic nitrogens is 1. The van der Waals surface area contributed by atoms with E-state index in [4.69, 9.17) is 16.0 Å². The van der Waals surface area contributed by atoms with Gasteiger partial charge in [-0.2, -0.15) is 0 Å². The third-order valence-corrected chi connectivity index (χ3v) is 3.68. The Morgan fingerprint density at radius 2 is 2.00 bits per heavy atom. The van der Waals surface area contributed by atoms with Crippen LogP contribution in [-0.2, 0) is 6.42 Å². The van der Waals surface area contributed by atoms with E-state index in [2.05, 4.69) is 18.8 Å². The van der Waals surface area contributed by atoms with Gasteiger partial charge in [0.2, 0.25) is 0 Å². The number of pyridine rings is 1. The van der Waals surface area contributed by atoms with Crippen LogP contribution in [0.2, 0.25) is 0 Å². The smallest absolute Gasteiger partial charge is 0.108 e. The molecule has 2 unspecified atom stereocenters. The molecule has 0 aromatic carbocycles. The highest BCUT2D eigenvalue weighted by Crippen LogP contribution is 2.37. The highest BCUT2D eigenvalue weighted by molar-refractivity contribution is 6.21. The molecular formula is C14H16ClNO. The van der Waals surface area contributed by atoms with Gasteiger partial charge in [0, 0.05) is 30.3 Å². The Labute approximate surface area is 107 Å². The molecule has 0 saturated heterocycles. The number of hydrogen-bond donors (Lipinski definition) is 0. The molecule has 0 spiro atoms. The lowest BCUT2D eigenvalue weighted by molar-refractivity contribution is 0.508. The standard InChI is InChI=1S/C14H16ClNO/c1-3-13-12(6-9-17-13)14(15)10(2)11-4-7-16-8-5-11/h4-10,14H,3H2,1-2H3. The molecule has 2 heterocycles. The number of rotatable bonds is 4. The monoisotopic (exact) mass is 249 g/mol. The van der Waals surface area contributed by atoms with E-state index >= 15 is 0 Å². The summed E-state index contributed by atoms with van der Waals surface area (Å²) in [6.45, 7) is 4.20. The van der Waals surface area contributed by atoms with Crippen LogP contribution in [0.25, 0.3) is 0 Å². The first-order valence-corrected chi connectivity index (χ1v) is 6.28. The second kappa shape index (κ2) is 5.37.